The van der Waals surface area contributed by atoms with Crippen LogP contribution in [-0.4, -0.2) is 14.1 Å². The number of ether oxygens (including phenoxy) is 1. The third kappa shape index (κ3) is 5.19. The smallest absolute Gasteiger partial charge is 0.195 e. The van der Waals surface area contributed by atoms with Crippen molar-refractivity contribution in [2.24, 2.45) is 0 Å². The zero-order valence-electron chi connectivity index (χ0n) is 11.4. The summed E-state index contributed by atoms with van der Waals surface area (Å²) in [6.45, 7) is 14.1. The van der Waals surface area contributed by atoms with Crippen LogP contribution in [0, 0.1) is 0 Å². The lowest BCUT2D eigenvalue weighted by Crippen LogP contribution is -2.42. The van der Waals surface area contributed by atoms with Gasteiger partial charge in [-0.1, -0.05) is 24.8 Å². The van der Waals surface area contributed by atoms with Crippen molar-refractivity contribution >= 4 is 14.4 Å². The summed E-state index contributed by atoms with van der Waals surface area (Å²) in [5.41, 5.74) is 1.08. The van der Waals surface area contributed by atoms with Gasteiger partial charge in [0.1, 0.15) is 5.75 Å². The van der Waals surface area contributed by atoms with Gasteiger partial charge in [0.05, 0.1) is 0 Å². The first-order valence-electron chi connectivity index (χ1n) is 5.83. The Morgan fingerprint density at radius 2 is 1.65 bits per heavy atom. The van der Waals surface area contributed by atoms with Gasteiger partial charge < -0.3 is 9.16 Å². The maximum absolute atomic E-state index is 5.98. The molecule has 94 valence electrons. The van der Waals surface area contributed by atoms with Gasteiger partial charge in [-0.2, -0.15) is 0 Å². The molecule has 0 radical (unpaired) electrons. The highest BCUT2D eigenvalue weighted by molar-refractivity contribution is 6.69. The first kappa shape index (κ1) is 14.0. The maximum Gasteiger partial charge on any atom is 0.195 e. The Morgan fingerprint density at radius 3 is 2.06 bits per heavy atom. The lowest BCUT2D eigenvalue weighted by molar-refractivity contribution is -0.0877. The summed E-state index contributed by atoms with van der Waals surface area (Å²) in [5.74, 6) is 0.235. The molecule has 0 aliphatic heterocycles. The Labute approximate surface area is 105 Å². The minimum absolute atomic E-state index is 0.583. The van der Waals surface area contributed by atoms with Crippen LogP contribution in [0.2, 0.25) is 19.6 Å². The second-order valence-corrected chi connectivity index (χ2v) is 9.92. The van der Waals surface area contributed by atoms with E-state index >= 15 is 0 Å². The van der Waals surface area contributed by atoms with Crippen LogP contribution in [0.3, 0.4) is 0 Å². The number of rotatable bonds is 5. The van der Waals surface area contributed by atoms with Crippen LogP contribution >= 0.6 is 0 Å². The molecular formula is C14H22O2Si. The van der Waals surface area contributed by atoms with E-state index in [4.69, 9.17) is 9.16 Å². The molecule has 0 spiro atoms. The topological polar surface area (TPSA) is 18.5 Å². The first-order chi connectivity index (χ1) is 7.72. The van der Waals surface area contributed by atoms with Crippen LogP contribution in [0.25, 0.3) is 6.08 Å². The van der Waals surface area contributed by atoms with E-state index in [1.54, 1.807) is 0 Å². The highest BCUT2D eigenvalue weighted by Gasteiger charge is 2.28. The third-order valence-corrected chi connectivity index (χ3v) is 3.14. The van der Waals surface area contributed by atoms with Gasteiger partial charge in [-0.15, -0.1) is 0 Å². The quantitative estimate of drug-likeness (QED) is 0.573. The molecule has 1 aromatic rings. The normalized spacial score (nSPS) is 12.3. The number of hydrogen-bond donors (Lipinski definition) is 0. The Balaban J connectivity index is 2.72. The average molecular weight is 250 g/mol. The van der Waals surface area contributed by atoms with E-state index < -0.39 is 14.1 Å². The fourth-order valence-electron chi connectivity index (χ4n) is 1.71. The Morgan fingerprint density at radius 1 is 1.12 bits per heavy atom. The SMILES string of the molecule is C=Cc1ccc(OC(C)(C)O[Si](C)(C)C)cc1. The van der Waals surface area contributed by atoms with Crippen molar-refractivity contribution in [3.8, 4) is 5.75 Å². The predicted molar refractivity (Wildman–Crippen MR) is 75.7 cm³/mol. The molecule has 0 aromatic heterocycles. The van der Waals surface area contributed by atoms with Crippen molar-refractivity contribution < 1.29 is 9.16 Å². The number of hydrogen-bond acceptors (Lipinski definition) is 2. The summed E-state index contributed by atoms with van der Waals surface area (Å²) in [5, 5.41) is 0. The van der Waals surface area contributed by atoms with Crippen LogP contribution in [0.5, 0.6) is 5.75 Å². The fourth-order valence-corrected chi connectivity index (χ4v) is 3.23. The lowest BCUT2D eigenvalue weighted by Gasteiger charge is -2.33. The van der Waals surface area contributed by atoms with E-state index in [2.05, 4.69) is 26.2 Å². The number of benzene rings is 1. The van der Waals surface area contributed by atoms with Crippen molar-refractivity contribution in [2.45, 2.75) is 39.3 Å². The average Bonchev–Trinajstić information content (AvgIpc) is 2.14. The second kappa shape index (κ2) is 5.06. The molecule has 0 N–H and O–H groups in total. The van der Waals surface area contributed by atoms with E-state index in [0.717, 1.165) is 11.3 Å². The van der Waals surface area contributed by atoms with E-state index in [-0.39, 0.29) is 0 Å². The molecule has 17 heavy (non-hydrogen) atoms. The zero-order valence-corrected chi connectivity index (χ0v) is 12.4. The summed E-state index contributed by atoms with van der Waals surface area (Å²) in [7, 11) is -1.61. The molecular weight excluding hydrogens is 228 g/mol. The molecule has 0 atom stereocenters. The van der Waals surface area contributed by atoms with Gasteiger partial charge in [-0.05, 0) is 51.2 Å². The standard InChI is InChI=1S/C14H22O2Si/c1-7-12-8-10-13(11-9-12)15-14(2,3)16-17(4,5)6/h7-11H,1H2,2-6H3. The van der Waals surface area contributed by atoms with Gasteiger partial charge in [0.25, 0.3) is 0 Å². The minimum atomic E-state index is -1.61. The minimum Gasteiger partial charge on any atom is -0.464 e. The van der Waals surface area contributed by atoms with Gasteiger partial charge >= 0.3 is 0 Å². The van der Waals surface area contributed by atoms with Crippen LogP contribution in [0.1, 0.15) is 19.4 Å². The molecule has 0 unspecified atom stereocenters. The Bertz CT molecular complexity index is 374. The van der Waals surface area contributed by atoms with Crippen LogP contribution in [0.4, 0.5) is 0 Å². The van der Waals surface area contributed by atoms with Crippen LogP contribution < -0.4 is 4.74 Å². The van der Waals surface area contributed by atoms with Gasteiger partial charge in [-0.25, -0.2) is 0 Å². The molecule has 0 aliphatic carbocycles. The first-order valence-corrected chi connectivity index (χ1v) is 9.24. The molecule has 0 amide bonds. The monoisotopic (exact) mass is 250 g/mol. The van der Waals surface area contributed by atoms with Crippen molar-refractivity contribution in [3.63, 3.8) is 0 Å². The molecule has 0 bridgehead atoms. The molecule has 0 heterocycles. The molecule has 0 saturated carbocycles. The second-order valence-electron chi connectivity index (χ2n) is 5.49. The Hall–Kier alpha value is -1.06. The molecule has 2 nitrogen and oxygen atoms in total. The largest absolute Gasteiger partial charge is 0.464 e. The van der Waals surface area contributed by atoms with Crippen molar-refractivity contribution in [2.75, 3.05) is 0 Å². The summed E-state index contributed by atoms with van der Waals surface area (Å²) in [4.78, 5) is 0. The van der Waals surface area contributed by atoms with Gasteiger partial charge in [0.15, 0.2) is 14.1 Å². The highest BCUT2D eigenvalue weighted by atomic mass is 28.4. The van der Waals surface area contributed by atoms with Crippen LogP contribution in [0.15, 0.2) is 30.8 Å². The molecule has 0 aliphatic rings. The third-order valence-electron chi connectivity index (χ3n) is 2.03. The van der Waals surface area contributed by atoms with Crippen LogP contribution in [-0.2, 0) is 4.43 Å². The summed E-state index contributed by atoms with van der Waals surface area (Å²) >= 11 is 0. The maximum atomic E-state index is 5.98. The van der Waals surface area contributed by atoms with E-state index in [9.17, 15) is 0 Å². The summed E-state index contributed by atoms with van der Waals surface area (Å²) in [6, 6.07) is 7.83. The van der Waals surface area contributed by atoms with E-state index in [0.29, 0.717) is 0 Å². The molecule has 1 rings (SSSR count). The summed E-state index contributed by atoms with van der Waals surface area (Å²) < 4.78 is 11.8. The van der Waals surface area contributed by atoms with Gasteiger partial charge in [-0.3, -0.25) is 0 Å². The summed E-state index contributed by atoms with van der Waals surface area (Å²) in [6.07, 6.45) is 1.81. The van der Waals surface area contributed by atoms with E-state index in [1.807, 2.05) is 44.2 Å². The van der Waals surface area contributed by atoms with Crippen molar-refractivity contribution in [1.29, 1.82) is 0 Å². The predicted octanol–water partition coefficient (Wildman–Crippen LogP) is 4.30. The lowest BCUT2D eigenvalue weighted by atomic mass is 10.2. The molecule has 3 heteroatoms. The highest BCUT2D eigenvalue weighted by Crippen LogP contribution is 2.23. The fraction of sp³-hybridized carbons (Fsp3) is 0.429. The van der Waals surface area contributed by atoms with Gasteiger partial charge in [0.2, 0.25) is 0 Å². The zero-order chi connectivity index (χ0) is 13.1. The Kier molecular flexibility index (Phi) is 4.17. The molecule has 1 aromatic carbocycles. The van der Waals surface area contributed by atoms with Gasteiger partial charge in [0, 0.05) is 0 Å². The van der Waals surface area contributed by atoms with Crippen molar-refractivity contribution in [3.05, 3.63) is 36.4 Å². The molecule has 0 saturated heterocycles. The van der Waals surface area contributed by atoms with Crippen molar-refractivity contribution in [1.82, 2.24) is 0 Å². The van der Waals surface area contributed by atoms with E-state index in [1.165, 1.54) is 0 Å². The molecule has 0 fully saturated rings.